The molecule has 0 saturated carbocycles. The summed E-state index contributed by atoms with van der Waals surface area (Å²) >= 11 is 6.21. The van der Waals surface area contributed by atoms with E-state index in [1.54, 1.807) is 6.07 Å². The van der Waals surface area contributed by atoms with Crippen LogP contribution in [0.4, 0.5) is 5.69 Å². The molecule has 0 spiro atoms. The zero-order valence-corrected chi connectivity index (χ0v) is 25.5. The van der Waals surface area contributed by atoms with Crippen LogP contribution in [0, 0.1) is 5.41 Å². The third-order valence-corrected chi connectivity index (χ3v) is 10.4. The molecule has 224 valence electrons. The Labute approximate surface area is 257 Å². The Morgan fingerprint density at radius 2 is 1.63 bits per heavy atom. The number of benzene rings is 2. The van der Waals surface area contributed by atoms with Gasteiger partial charge in [0.2, 0.25) is 11.8 Å². The maximum absolute atomic E-state index is 13.4. The minimum absolute atomic E-state index is 0.109. The summed E-state index contributed by atoms with van der Waals surface area (Å²) in [6.45, 7) is 7.52. The third kappa shape index (κ3) is 5.08. The fourth-order valence-corrected chi connectivity index (χ4v) is 7.90. The molecule has 2 aromatic carbocycles. The van der Waals surface area contributed by atoms with Crippen LogP contribution >= 0.6 is 11.6 Å². The van der Waals surface area contributed by atoms with E-state index in [0.29, 0.717) is 23.2 Å². The van der Waals surface area contributed by atoms with Gasteiger partial charge in [0.05, 0.1) is 11.1 Å². The van der Waals surface area contributed by atoms with Crippen molar-refractivity contribution in [3.05, 3.63) is 69.8 Å². The molecule has 0 radical (unpaired) electrons. The number of imide groups is 2. The van der Waals surface area contributed by atoms with Crippen molar-refractivity contribution in [1.29, 1.82) is 0 Å². The van der Waals surface area contributed by atoms with Crippen LogP contribution < -0.4 is 10.2 Å². The molecule has 6 aliphatic rings. The molecule has 9 heteroatoms. The van der Waals surface area contributed by atoms with Crippen molar-refractivity contribution in [3.8, 4) is 0 Å². The highest BCUT2D eigenvalue weighted by Gasteiger charge is 2.46. The molecule has 3 atom stereocenters. The Hall–Kier alpha value is -3.49. The van der Waals surface area contributed by atoms with Gasteiger partial charge < -0.3 is 4.90 Å². The Balaban J connectivity index is 1.10. The normalized spacial score (nSPS) is 27.2. The van der Waals surface area contributed by atoms with Gasteiger partial charge in [0, 0.05) is 48.8 Å². The lowest BCUT2D eigenvalue weighted by molar-refractivity contribution is -0.136. The number of fused-ring (bicyclic) bond motifs is 4. The van der Waals surface area contributed by atoms with E-state index in [1.807, 2.05) is 24.3 Å². The van der Waals surface area contributed by atoms with Crippen LogP contribution in [0.2, 0.25) is 5.02 Å². The van der Waals surface area contributed by atoms with Gasteiger partial charge in [-0.15, -0.1) is 0 Å². The lowest BCUT2D eigenvalue weighted by Crippen LogP contribution is -2.63. The van der Waals surface area contributed by atoms with E-state index < -0.39 is 23.8 Å². The largest absolute Gasteiger partial charge is 0.366 e. The SMILES string of the molecule is CC1(C)CCC(CN2CC3CCC2CN3c2ccc3c(c2)C(=O)N(C2CCC(=O)NC2=O)C3=O)=C(c2ccc(Cl)cc2)C1. The number of carbonyl (C=O) groups is 4. The minimum atomic E-state index is -0.953. The first-order valence-electron chi connectivity index (χ1n) is 15.4. The molecular formula is C34H37ClN4O4. The maximum Gasteiger partial charge on any atom is 0.262 e. The number of allylic oxidation sites excluding steroid dienone is 1. The van der Waals surface area contributed by atoms with Crippen LogP contribution in [0.1, 0.15) is 85.1 Å². The number of nitrogens with one attached hydrogen (secondary N) is 1. The standard InChI is InChI=1S/C34H37ClN4O4/c1-34(2)14-13-21(28(16-34)20-3-5-22(35)6-4-20)17-37-18-25-8-7-24(37)19-38(25)23-9-10-26-27(15-23)33(43)39(32(26)42)29-11-12-30(40)36-31(29)41/h3-6,9-10,15,24-25,29H,7-8,11-14,16-19H2,1-2H3,(H,36,40,41). The van der Waals surface area contributed by atoms with Crippen LogP contribution in [0.3, 0.4) is 0 Å². The maximum atomic E-state index is 13.4. The molecule has 5 heterocycles. The highest BCUT2D eigenvalue weighted by molar-refractivity contribution is 6.30. The van der Waals surface area contributed by atoms with Crippen LogP contribution in [0.5, 0.6) is 0 Å². The number of hydrogen-bond donors (Lipinski definition) is 1. The van der Waals surface area contributed by atoms with E-state index in [-0.39, 0.29) is 24.2 Å². The van der Waals surface area contributed by atoms with E-state index in [9.17, 15) is 19.2 Å². The first-order valence-corrected chi connectivity index (χ1v) is 15.8. The first kappa shape index (κ1) is 28.3. The van der Waals surface area contributed by atoms with Crippen molar-refractivity contribution in [2.75, 3.05) is 24.5 Å². The van der Waals surface area contributed by atoms with Crippen molar-refractivity contribution in [3.63, 3.8) is 0 Å². The second-order valence-electron chi connectivity index (χ2n) is 13.6. The molecule has 5 aliphatic heterocycles. The molecule has 1 N–H and O–H groups in total. The van der Waals surface area contributed by atoms with Gasteiger partial charge in [0.1, 0.15) is 6.04 Å². The number of piperidine rings is 3. The summed E-state index contributed by atoms with van der Waals surface area (Å²) in [5.41, 5.74) is 6.16. The average Bonchev–Trinajstić information content (AvgIpc) is 3.23. The van der Waals surface area contributed by atoms with Gasteiger partial charge in [-0.2, -0.15) is 0 Å². The highest BCUT2D eigenvalue weighted by Crippen LogP contribution is 2.44. The number of halogens is 1. The predicted octanol–water partition coefficient (Wildman–Crippen LogP) is 5.06. The molecule has 0 aromatic heterocycles. The molecule has 4 fully saturated rings. The number of piperazine rings is 1. The number of rotatable bonds is 5. The number of nitrogens with zero attached hydrogens (tertiary/aromatic N) is 3. The van der Waals surface area contributed by atoms with Crippen molar-refractivity contribution in [2.24, 2.45) is 5.41 Å². The van der Waals surface area contributed by atoms with E-state index in [0.717, 1.165) is 60.9 Å². The van der Waals surface area contributed by atoms with Gasteiger partial charge in [-0.3, -0.25) is 34.3 Å². The van der Waals surface area contributed by atoms with E-state index >= 15 is 0 Å². The number of anilines is 1. The monoisotopic (exact) mass is 600 g/mol. The second-order valence-corrected chi connectivity index (χ2v) is 14.0. The number of carbonyl (C=O) groups excluding carboxylic acids is 4. The molecule has 3 unspecified atom stereocenters. The Bertz CT molecular complexity index is 1560. The minimum Gasteiger partial charge on any atom is -0.366 e. The zero-order valence-electron chi connectivity index (χ0n) is 24.7. The van der Waals surface area contributed by atoms with Crippen molar-refractivity contribution >= 4 is 46.5 Å². The average molecular weight is 601 g/mol. The zero-order chi connectivity index (χ0) is 30.0. The van der Waals surface area contributed by atoms with Crippen LogP contribution in [-0.2, 0) is 9.59 Å². The molecule has 4 saturated heterocycles. The highest BCUT2D eigenvalue weighted by atomic mass is 35.5. The van der Waals surface area contributed by atoms with Crippen molar-refractivity contribution < 1.29 is 19.2 Å². The third-order valence-electron chi connectivity index (χ3n) is 10.2. The number of amides is 4. The van der Waals surface area contributed by atoms with Gasteiger partial charge >= 0.3 is 0 Å². The summed E-state index contributed by atoms with van der Waals surface area (Å²) in [4.78, 5) is 56.8. The smallest absolute Gasteiger partial charge is 0.262 e. The molecule has 1 aliphatic carbocycles. The molecule has 2 aromatic rings. The molecule has 8 rings (SSSR count). The van der Waals surface area contributed by atoms with Gasteiger partial charge in [0.25, 0.3) is 11.8 Å². The molecule has 43 heavy (non-hydrogen) atoms. The van der Waals surface area contributed by atoms with Gasteiger partial charge in [0.15, 0.2) is 0 Å². The fraction of sp³-hybridized carbons (Fsp3) is 0.471. The molecule has 4 amide bonds. The summed E-state index contributed by atoms with van der Waals surface area (Å²) in [5, 5.41) is 3.02. The lowest BCUT2D eigenvalue weighted by Gasteiger charge is -2.53. The van der Waals surface area contributed by atoms with Crippen molar-refractivity contribution in [2.45, 2.75) is 76.9 Å². The van der Waals surface area contributed by atoms with E-state index in [2.05, 4.69) is 41.1 Å². The van der Waals surface area contributed by atoms with E-state index in [1.165, 1.54) is 23.1 Å². The van der Waals surface area contributed by atoms with Crippen LogP contribution in [0.25, 0.3) is 5.57 Å². The quantitative estimate of drug-likeness (QED) is 0.483. The first-order chi connectivity index (χ1) is 20.6. The van der Waals surface area contributed by atoms with Crippen molar-refractivity contribution in [1.82, 2.24) is 15.1 Å². The topological polar surface area (TPSA) is 90.0 Å². The summed E-state index contributed by atoms with van der Waals surface area (Å²) < 4.78 is 0. The Morgan fingerprint density at radius 3 is 2.35 bits per heavy atom. The second kappa shape index (κ2) is 10.6. The van der Waals surface area contributed by atoms with E-state index in [4.69, 9.17) is 11.6 Å². The van der Waals surface area contributed by atoms with Gasteiger partial charge in [-0.05, 0) is 85.4 Å². The summed E-state index contributed by atoms with van der Waals surface area (Å²) in [7, 11) is 0. The van der Waals surface area contributed by atoms with Crippen LogP contribution in [0.15, 0.2) is 48.0 Å². The predicted molar refractivity (Wildman–Crippen MR) is 165 cm³/mol. The molecular weight excluding hydrogens is 564 g/mol. The van der Waals surface area contributed by atoms with Gasteiger partial charge in [-0.25, -0.2) is 0 Å². The Kier molecular flexibility index (Phi) is 6.97. The van der Waals surface area contributed by atoms with Gasteiger partial charge in [-0.1, -0.05) is 43.2 Å². The summed E-state index contributed by atoms with van der Waals surface area (Å²) in [6, 6.07) is 13.6. The lowest BCUT2D eigenvalue weighted by atomic mass is 9.72. The van der Waals surface area contributed by atoms with Crippen LogP contribution in [-0.4, -0.2) is 71.2 Å². The fourth-order valence-electron chi connectivity index (χ4n) is 7.77. The summed E-state index contributed by atoms with van der Waals surface area (Å²) in [5.74, 6) is -1.88. The number of hydrogen-bond acceptors (Lipinski definition) is 6. The molecule has 8 nitrogen and oxygen atoms in total. The molecule has 2 bridgehead atoms. The Morgan fingerprint density at radius 1 is 0.884 bits per heavy atom. The summed E-state index contributed by atoms with van der Waals surface area (Å²) in [6.07, 6.45) is 5.85.